The van der Waals surface area contributed by atoms with Gasteiger partial charge in [-0.3, -0.25) is 4.57 Å². The van der Waals surface area contributed by atoms with Gasteiger partial charge in [-0.05, 0) is 19.3 Å². The summed E-state index contributed by atoms with van der Waals surface area (Å²) >= 11 is 0. The molecule has 1 unspecified atom stereocenters. The number of hydrogen-bond acceptors (Lipinski definition) is 3. The third-order valence-electron chi connectivity index (χ3n) is 3.14. The minimum absolute atomic E-state index is 0.132. The molecule has 18 heavy (non-hydrogen) atoms. The van der Waals surface area contributed by atoms with Crippen molar-refractivity contribution in [2.75, 3.05) is 13.2 Å². The fraction of sp³-hybridized carbons (Fsp3) is 1.00. The Hall–Kier alpha value is 0.0700. The van der Waals surface area contributed by atoms with Crippen molar-refractivity contribution in [3.8, 4) is 0 Å². The Kier molecular flexibility index (Phi) is 9.09. The molecule has 110 valence electrons. The molecular formula is C12H28NO4P. The summed E-state index contributed by atoms with van der Waals surface area (Å²) in [6.07, 6.45) is 5.84. The lowest BCUT2D eigenvalue weighted by atomic mass is 10.1. The van der Waals surface area contributed by atoms with Gasteiger partial charge in [0, 0.05) is 13.2 Å². The maximum absolute atomic E-state index is 11.6. The van der Waals surface area contributed by atoms with E-state index >= 15 is 0 Å². The average molecular weight is 281 g/mol. The first-order valence-electron chi connectivity index (χ1n) is 6.83. The second-order valence-electron chi connectivity index (χ2n) is 4.71. The molecule has 0 spiro atoms. The Morgan fingerprint density at radius 2 is 1.67 bits per heavy atom. The zero-order valence-electron chi connectivity index (χ0n) is 11.6. The Morgan fingerprint density at radius 1 is 1.11 bits per heavy atom. The Bertz CT molecular complexity index is 256. The highest BCUT2D eigenvalue weighted by atomic mass is 31.2. The van der Waals surface area contributed by atoms with Crippen LogP contribution in [0.1, 0.15) is 58.8 Å². The lowest BCUT2D eigenvalue weighted by molar-refractivity contribution is -0.00412. The van der Waals surface area contributed by atoms with Crippen LogP contribution in [0.3, 0.4) is 0 Å². The molecule has 0 heterocycles. The summed E-state index contributed by atoms with van der Waals surface area (Å²) in [4.78, 5) is 19.0. The molecule has 0 rings (SSSR count). The first-order chi connectivity index (χ1) is 8.43. The molecule has 0 aliphatic carbocycles. The van der Waals surface area contributed by atoms with Gasteiger partial charge in [0.1, 0.15) is 0 Å². The second kappa shape index (κ2) is 9.05. The number of unbranched alkanes of at least 4 members (excludes halogenated alkanes) is 4. The quantitative estimate of drug-likeness (QED) is 0.400. The summed E-state index contributed by atoms with van der Waals surface area (Å²) < 4.78 is 17.1. The van der Waals surface area contributed by atoms with Crippen LogP contribution in [-0.4, -0.2) is 28.3 Å². The van der Waals surface area contributed by atoms with Crippen LogP contribution >= 0.6 is 7.60 Å². The van der Waals surface area contributed by atoms with Crippen LogP contribution in [0.4, 0.5) is 0 Å². The van der Waals surface area contributed by atoms with Crippen LogP contribution in [0, 0.1) is 0 Å². The first-order valence-corrected chi connectivity index (χ1v) is 8.44. The van der Waals surface area contributed by atoms with E-state index in [4.69, 9.17) is 10.5 Å². The molecule has 0 aromatic heterocycles. The Morgan fingerprint density at radius 3 is 2.11 bits per heavy atom. The Labute approximate surface area is 110 Å². The lowest BCUT2D eigenvalue weighted by Gasteiger charge is -2.33. The Balaban J connectivity index is 4.51. The first kappa shape index (κ1) is 18.1. The smallest absolute Gasteiger partial charge is 0.358 e. The largest absolute Gasteiger partial charge is 0.361 e. The summed E-state index contributed by atoms with van der Waals surface area (Å²) in [7, 11) is -4.34. The highest BCUT2D eigenvalue weighted by molar-refractivity contribution is 7.53. The minimum Gasteiger partial charge on any atom is -0.361 e. The number of nitrogens with two attached hydrogens (primary N) is 1. The normalized spacial score (nSPS) is 15.6. The highest BCUT2D eigenvalue weighted by Gasteiger charge is 2.46. The van der Waals surface area contributed by atoms with Crippen molar-refractivity contribution in [1.29, 1.82) is 0 Å². The van der Waals surface area contributed by atoms with E-state index in [1.165, 1.54) is 0 Å². The molecule has 6 heteroatoms. The number of hydrogen-bond donors (Lipinski definition) is 3. The van der Waals surface area contributed by atoms with Crippen molar-refractivity contribution in [3.05, 3.63) is 0 Å². The second-order valence-corrected chi connectivity index (χ2v) is 6.61. The van der Waals surface area contributed by atoms with Crippen molar-refractivity contribution in [2.45, 2.75) is 64.1 Å². The van der Waals surface area contributed by atoms with Crippen LogP contribution in [0.25, 0.3) is 0 Å². The standard InChI is InChI=1S/C12H28NO4P/c1-3-5-7-9-12(11-13,18(14,15)16)17-10-8-6-4-2/h3-11,13H2,1-2H3,(H2,14,15,16). The maximum atomic E-state index is 11.6. The van der Waals surface area contributed by atoms with Gasteiger partial charge in [-0.25, -0.2) is 0 Å². The molecule has 4 N–H and O–H groups in total. The van der Waals surface area contributed by atoms with Gasteiger partial charge in [0.05, 0.1) is 0 Å². The maximum Gasteiger partial charge on any atom is 0.358 e. The summed E-state index contributed by atoms with van der Waals surface area (Å²) in [6.45, 7) is 4.35. The van der Waals surface area contributed by atoms with E-state index < -0.39 is 12.9 Å². The van der Waals surface area contributed by atoms with Crippen LogP contribution in [0.2, 0.25) is 0 Å². The summed E-state index contributed by atoms with van der Waals surface area (Å²) in [5.74, 6) is 0. The molecule has 0 amide bonds. The van der Waals surface area contributed by atoms with Gasteiger partial charge in [0.2, 0.25) is 0 Å². The minimum atomic E-state index is -4.34. The van der Waals surface area contributed by atoms with E-state index in [2.05, 4.69) is 6.92 Å². The zero-order valence-corrected chi connectivity index (χ0v) is 12.5. The van der Waals surface area contributed by atoms with E-state index in [0.717, 1.165) is 38.5 Å². The summed E-state index contributed by atoms with van der Waals surface area (Å²) in [5, 5.41) is -1.48. The fourth-order valence-electron chi connectivity index (χ4n) is 1.85. The summed E-state index contributed by atoms with van der Waals surface area (Å²) in [6, 6.07) is 0. The number of rotatable bonds is 11. The van der Waals surface area contributed by atoms with E-state index in [9.17, 15) is 14.4 Å². The molecule has 0 saturated heterocycles. The van der Waals surface area contributed by atoms with Gasteiger partial charge in [-0.2, -0.15) is 0 Å². The van der Waals surface area contributed by atoms with E-state index in [0.29, 0.717) is 13.0 Å². The van der Waals surface area contributed by atoms with Crippen molar-refractivity contribution >= 4 is 7.60 Å². The van der Waals surface area contributed by atoms with E-state index in [-0.39, 0.29) is 6.54 Å². The van der Waals surface area contributed by atoms with Crippen molar-refractivity contribution < 1.29 is 19.1 Å². The van der Waals surface area contributed by atoms with Gasteiger partial charge in [-0.15, -0.1) is 0 Å². The topological polar surface area (TPSA) is 92.8 Å². The predicted octanol–water partition coefficient (Wildman–Crippen LogP) is 2.61. The third kappa shape index (κ3) is 5.81. The van der Waals surface area contributed by atoms with Crippen LogP contribution < -0.4 is 5.73 Å². The third-order valence-corrected chi connectivity index (χ3v) is 4.74. The SMILES string of the molecule is CCCCCOC(CN)(CCCCC)P(=O)(O)O. The van der Waals surface area contributed by atoms with Gasteiger partial charge in [0.15, 0.2) is 5.34 Å². The summed E-state index contributed by atoms with van der Waals surface area (Å²) in [5.41, 5.74) is 5.57. The predicted molar refractivity (Wildman–Crippen MR) is 73.4 cm³/mol. The molecule has 0 fully saturated rings. The molecule has 1 atom stereocenters. The van der Waals surface area contributed by atoms with E-state index in [1.54, 1.807) is 0 Å². The molecule has 0 saturated carbocycles. The van der Waals surface area contributed by atoms with Crippen molar-refractivity contribution in [1.82, 2.24) is 0 Å². The molecular weight excluding hydrogens is 253 g/mol. The number of ether oxygens (including phenoxy) is 1. The van der Waals surface area contributed by atoms with Crippen molar-refractivity contribution in [2.24, 2.45) is 5.73 Å². The average Bonchev–Trinajstić information content (AvgIpc) is 2.31. The monoisotopic (exact) mass is 281 g/mol. The van der Waals surface area contributed by atoms with Gasteiger partial charge in [-0.1, -0.05) is 39.5 Å². The molecule has 0 aliphatic rings. The van der Waals surface area contributed by atoms with Gasteiger partial charge in [0.25, 0.3) is 0 Å². The zero-order chi connectivity index (χ0) is 14.1. The van der Waals surface area contributed by atoms with E-state index in [1.807, 2.05) is 6.92 Å². The lowest BCUT2D eigenvalue weighted by Crippen LogP contribution is -2.41. The molecule has 0 aromatic rings. The molecule has 0 aliphatic heterocycles. The van der Waals surface area contributed by atoms with Crippen LogP contribution in [0.15, 0.2) is 0 Å². The molecule has 0 radical (unpaired) electrons. The molecule has 0 aromatic carbocycles. The van der Waals surface area contributed by atoms with Crippen LogP contribution in [0.5, 0.6) is 0 Å². The van der Waals surface area contributed by atoms with Gasteiger partial charge >= 0.3 is 7.60 Å². The highest BCUT2D eigenvalue weighted by Crippen LogP contribution is 2.53. The van der Waals surface area contributed by atoms with Gasteiger partial charge < -0.3 is 20.3 Å². The molecule has 0 bridgehead atoms. The molecule has 5 nitrogen and oxygen atoms in total. The van der Waals surface area contributed by atoms with Crippen molar-refractivity contribution in [3.63, 3.8) is 0 Å². The van der Waals surface area contributed by atoms with Crippen LogP contribution in [-0.2, 0) is 9.30 Å². The fourth-order valence-corrected chi connectivity index (χ4v) is 2.79.